The molecule has 112 valence electrons. The molecule has 1 aliphatic carbocycles. The molecule has 2 nitrogen and oxygen atoms in total. The minimum absolute atomic E-state index is 0.890. The van der Waals surface area contributed by atoms with Gasteiger partial charge in [-0.15, -0.1) is 0 Å². The van der Waals surface area contributed by atoms with Gasteiger partial charge in [0, 0.05) is 29.7 Å². The Morgan fingerprint density at radius 2 is 2.05 bits per heavy atom. The predicted octanol–water partition coefficient (Wildman–Crippen LogP) is 4.18. The molecule has 2 aromatic rings. The summed E-state index contributed by atoms with van der Waals surface area (Å²) >= 11 is 0. The molecule has 0 spiro atoms. The van der Waals surface area contributed by atoms with Crippen molar-refractivity contribution in [3.8, 4) is 0 Å². The summed E-state index contributed by atoms with van der Waals surface area (Å²) in [6.45, 7) is 5.63. The van der Waals surface area contributed by atoms with Crippen LogP contribution < -0.4 is 5.32 Å². The quantitative estimate of drug-likeness (QED) is 0.874. The molecule has 0 saturated heterocycles. The molecule has 1 aromatic carbocycles. The Morgan fingerprint density at radius 3 is 2.90 bits per heavy atom. The van der Waals surface area contributed by atoms with Crippen LogP contribution in [0.25, 0.3) is 10.9 Å². The molecule has 0 unspecified atom stereocenters. The number of aromatic nitrogens is 1. The van der Waals surface area contributed by atoms with Gasteiger partial charge in [-0.05, 0) is 56.3 Å². The van der Waals surface area contributed by atoms with Crippen LogP contribution in [0.15, 0.2) is 18.2 Å². The molecular weight excluding hydrogens is 256 g/mol. The van der Waals surface area contributed by atoms with Crippen molar-refractivity contribution in [2.75, 3.05) is 6.54 Å². The molecule has 1 N–H and O–H groups in total. The molecular formula is C19H26N2. The summed E-state index contributed by atoms with van der Waals surface area (Å²) in [4.78, 5) is 0. The van der Waals surface area contributed by atoms with Gasteiger partial charge in [-0.2, -0.15) is 0 Å². The van der Waals surface area contributed by atoms with Gasteiger partial charge in [0.05, 0.1) is 0 Å². The Morgan fingerprint density at radius 1 is 1.19 bits per heavy atom. The van der Waals surface area contributed by atoms with Crippen LogP contribution in [0.1, 0.15) is 48.9 Å². The molecule has 1 aliphatic heterocycles. The van der Waals surface area contributed by atoms with E-state index in [1.165, 1.54) is 61.5 Å². The van der Waals surface area contributed by atoms with E-state index in [2.05, 4.69) is 35.0 Å². The fraction of sp³-hybridized carbons (Fsp3) is 0.579. The summed E-state index contributed by atoms with van der Waals surface area (Å²) in [5.74, 6) is 0.890. The zero-order valence-electron chi connectivity index (χ0n) is 13.1. The summed E-state index contributed by atoms with van der Waals surface area (Å²) < 4.78 is 2.65. The third-order valence-electron chi connectivity index (χ3n) is 5.45. The monoisotopic (exact) mass is 282 g/mol. The van der Waals surface area contributed by atoms with Gasteiger partial charge in [0.1, 0.15) is 0 Å². The van der Waals surface area contributed by atoms with Crippen molar-refractivity contribution in [3.05, 3.63) is 35.0 Å². The Balaban J connectivity index is 1.79. The van der Waals surface area contributed by atoms with Crippen LogP contribution in [0.3, 0.4) is 0 Å². The lowest BCUT2D eigenvalue weighted by atomic mass is 9.89. The van der Waals surface area contributed by atoms with E-state index in [0.717, 1.165) is 19.0 Å². The third-order valence-corrected chi connectivity index (χ3v) is 5.45. The van der Waals surface area contributed by atoms with E-state index in [4.69, 9.17) is 0 Å². The van der Waals surface area contributed by atoms with Crippen LogP contribution in [0.2, 0.25) is 0 Å². The van der Waals surface area contributed by atoms with Gasteiger partial charge < -0.3 is 9.88 Å². The number of aryl methyl sites for hydroxylation is 1. The molecule has 1 fully saturated rings. The highest BCUT2D eigenvalue weighted by molar-refractivity contribution is 5.86. The van der Waals surface area contributed by atoms with E-state index in [-0.39, 0.29) is 0 Å². The number of rotatable bonds is 2. The van der Waals surface area contributed by atoms with Gasteiger partial charge in [-0.25, -0.2) is 0 Å². The highest BCUT2D eigenvalue weighted by atomic mass is 15.0. The number of nitrogens with zero attached hydrogens (tertiary/aromatic N) is 1. The SMILES string of the molecule is Cc1ccc2c(c1)c1c(n2CC2CCCCC2)CNCC1. The minimum atomic E-state index is 0.890. The van der Waals surface area contributed by atoms with E-state index < -0.39 is 0 Å². The Kier molecular flexibility index (Phi) is 3.50. The van der Waals surface area contributed by atoms with Crippen molar-refractivity contribution in [2.45, 2.75) is 58.5 Å². The van der Waals surface area contributed by atoms with E-state index >= 15 is 0 Å². The molecule has 0 amide bonds. The zero-order valence-corrected chi connectivity index (χ0v) is 13.1. The molecule has 2 heteroatoms. The molecule has 4 rings (SSSR count). The van der Waals surface area contributed by atoms with Crippen LogP contribution in [0.4, 0.5) is 0 Å². The molecule has 1 saturated carbocycles. The number of hydrogen-bond acceptors (Lipinski definition) is 1. The van der Waals surface area contributed by atoms with Gasteiger partial charge in [-0.1, -0.05) is 30.9 Å². The first-order valence-electron chi connectivity index (χ1n) is 8.64. The summed E-state index contributed by atoms with van der Waals surface area (Å²) in [5, 5.41) is 5.09. The standard InChI is InChI=1S/C19H26N2/c1-14-7-8-18-17(11-14)16-9-10-20-12-19(16)21(18)13-15-5-3-2-4-6-15/h7-8,11,15,20H,2-6,9-10,12-13H2,1H3. The lowest BCUT2D eigenvalue weighted by Crippen LogP contribution is -2.26. The first kappa shape index (κ1) is 13.4. The smallest absolute Gasteiger partial charge is 0.0486 e. The number of nitrogens with one attached hydrogen (secondary N) is 1. The normalized spacial score (nSPS) is 19.9. The van der Waals surface area contributed by atoms with Gasteiger partial charge in [-0.3, -0.25) is 0 Å². The fourth-order valence-corrected chi connectivity index (χ4v) is 4.33. The third kappa shape index (κ3) is 2.40. The van der Waals surface area contributed by atoms with Crippen LogP contribution in [0.5, 0.6) is 0 Å². The van der Waals surface area contributed by atoms with E-state index in [1.54, 1.807) is 11.3 Å². The Hall–Kier alpha value is -1.28. The second kappa shape index (κ2) is 5.49. The first-order valence-corrected chi connectivity index (χ1v) is 8.64. The molecule has 2 heterocycles. The second-order valence-corrected chi connectivity index (χ2v) is 6.99. The van der Waals surface area contributed by atoms with Gasteiger partial charge in [0.15, 0.2) is 0 Å². The van der Waals surface area contributed by atoms with Crippen LogP contribution in [0, 0.1) is 12.8 Å². The van der Waals surface area contributed by atoms with Gasteiger partial charge >= 0.3 is 0 Å². The molecule has 0 atom stereocenters. The number of benzene rings is 1. The van der Waals surface area contributed by atoms with E-state index in [9.17, 15) is 0 Å². The summed E-state index contributed by atoms with van der Waals surface area (Å²) in [6.07, 6.45) is 8.35. The second-order valence-electron chi connectivity index (χ2n) is 6.99. The highest BCUT2D eigenvalue weighted by Crippen LogP contribution is 2.33. The number of fused-ring (bicyclic) bond motifs is 3. The van der Waals surface area contributed by atoms with Crippen molar-refractivity contribution >= 4 is 10.9 Å². The highest BCUT2D eigenvalue weighted by Gasteiger charge is 2.22. The Bertz CT molecular complexity index is 647. The zero-order chi connectivity index (χ0) is 14.2. The Labute approximate surface area is 127 Å². The molecule has 1 aromatic heterocycles. The first-order chi connectivity index (χ1) is 10.3. The average molecular weight is 282 g/mol. The molecule has 0 radical (unpaired) electrons. The summed E-state index contributed by atoms with van der Waals surface area (Å²) in [7, 11) is 0. The molecule has 2 aliphatic rings. The molecule has 0 bridgehead atoms. The fourth-order valence-electron chi connectivity index (χ4n) is 4.33. The van der Waals surface area contributed by atoms with E-state index in [0.29, 0.717) is 0 Å². The van der Waals surface area contributed by atoms with Crippen molar-refractivity contribution in [1.29, 1.82) is 0 Å². The molecule has 21 heavy (non-hydrogen) atoms. The summed E-state index contributed by atoms with van der Waals surface area (Å²) in [6, 6.07) is 7.03. The van der Waals surface area contributed by atoms with Crippen molar-refractivity contribution in [1.82, 2.24) is 9.88 Å². The van der Waals surface area contributed by atoms with Crippen molar-refractivity contribution < 1.29 is 0 Å². The van der Waals surface area contributed by atoms with Crippen LogP contribution in [-0.4, -0.2) is 11.1 Å². The maximum atomic E-state index is 3.57. The average Bonchev–Trinajstić information content (AvgIpc) is 2.82. The van der Waals surface area contributed by atoms with E-state index in [1.807, 2.05) is 0 Å². The minimum Gasteiger partial charge on any atom is -0.343 e. The summed E-state index contributed by atoms with van der Waals surface area (Å²) in [5.41, 5.74) is 6.04. The van der Waals surface area contributed by atoms with Crippen LogP contribution >= 0.6 is 0 Å². The van der Waals surface area contributed by atoms with Crippen LogP contribution in [-0.2, 0) is 19.5 Å². The van der Waals surface area contributed by atoms with Gasteiger partial charge in [0.25, 0.3) is 0 Å². The lowest BCUT2D eigenvalue weighted by Gasteiger charge is -2.25. The maximum absolute atomic E-state index is 3.57. The van der Waals surface area contributed by atoms with Crippen molar-refractivity contribution in [3.63, 3.8) is 0 Å². The topological polar surface area (TPSA) is 17.0 Å². The predicted molar refractivity (Wildman–Crippen MR) is 88.7 cm³/mol. The largest absolute Gasteiger partial charge is 0.343 e. The van der Waals surface area contributed by atoms with Crippen molar-refractivity contribution in [2.24, 2.45) is 5.92 Å². The lowest BCUT2D eigenvalue weighted by molar-refractivity contribution is 0.318. The number of hydrogen-bond donors (Lipinski definition) is 1. The van der Waals surface area contributed by atoms with Gasteiger partial charge in [0.2, 0.25) is 0 Å². The maximum Gasteiger partial charge on any atom is 0.0486 e.